The van der Waals surface area contributed by atoms with E-state index in [1.54, 1.807) is 0 Å². The zero-order valence-electron chi connectivity index (χ0n) is 9.81. The summed E-state index contributed by atoms with van der Waals surface area (Å²) in [5.74, 6) is 0.724. The van der Waals surface area contributed by atoms with Crippen molar-refractivity contribution in [2.24, 2.45) is 5.92 Å². The molecule has 0 bridgehead atoms. The maximum Gasteiger partial charge on any atom is 0.233 e. The summed E-state index contributed by atoms with van der Waals surface area (Å²) in [7, 11) is 0. The average Bonchev–Trinajstić information content (AvgIpc) is 2.90. The van der Waals surface area contributed by atoms with Crippen LogP contribution in [0.2, 0.25) is 0 Å². The standard InChI is InChI=1S/C12H22N2O/c1-3-4-5-6-14-12(15)9-13-8-11-7-10(11)2/h7,11,13H,3-6,8-9H2,1-2H3,(H,14,15). The van der Waals surface area contributed by atoms with Crippen molar-refractivity contribution in [2.45, 2.75) is 33.1 Å². The molecule has 0 aromatic carbocycles. The van der Waals surface area contributed by atoms with Crippen LogP contribution in [-0.2, 0) is 4.79 Å². The molecule has 2 N–H and O–H groups in total. The third kappa shape index (κ3) is 5.57. The van der Waals surface area contributed by atoms with Crippen LogP contribution in [-0.4, -0.2) is 25.5 Å². The van der Waals surface area contributed by atoms with Gasteiger partial charge in [0.15, 0.2) is 0 Å². The molecule has 0 spiro atoms. The van der Waals surface area contributed by atoms with Crippen molar-refractivity contribution in [3.8, 4) is 0 Å². The van der Waals surface area contributed by atoms with Gasteiger partial charge in [-0.2, -0.15) is 0 Å². The monoisotopic (exact) mass is 210 g/mol. The van der Waals surface area contributed by atoms with Gasteiger partial charge in [0.25, 0.3) is 0 Å². The summed E-state index contributed by atoms with van der Waals surface area (Å²) < 4.78 is 0. The van der Waals surface area contributed by atoms with E-state index < -0.39 is 0 Å². The number of carbonyl (C=O) groups is 1. The molecule has 0 heterocycles. The summed E-state index contributed by atoms with van der Waals surface area (Å²) in [5, 5.41) is 6.06. The quantitative estimate of drug-likeness (QED) is 0.470. The molecule has 0 aromatic rings. The Hall–Kier alpha value is -0.830. The summed E-state index contributed by atoms with van der Waals surface area (Å²) in [6.07, 6.45) is 5.69. The van der Waals surface area contributed by atoms with Gasteiger partial charge < -0.3 is 10.6 Å². The SMILES string of the molecule is CCCCCNC(=O)CNCC1C=C1C. The van der Waals surface area contributed by atoms with Gasteiger partial charge in [0.05, 0.1) is 6.54 Å². The van der Waals surface area contributed by atoms with E-state index in [-0.39, 0.29) is 5.91 Å². The lowest BCUT2D eigenvalue weighted by Gasteiger charge is -2.06. The van der Waals surface area contributed by atoms with Crippen LogP contribution in [0.5, 0.6) is 0 Å². The second kappa shape index (κ2) is 6.62. The zero-order chi connectivity index (χ0) is 11.1. The summed E-state index contributed by atoms with van der Waals surface area (Å²) in [6, 6.07) is 0. The van der Waals surface area contributed by atoms with E-state index in [2.05, 4.69) is 30.6 Å². The molecule has 0 radical (unpaired) electrons. The van der Waals surface area contributed by atoms with Crippen LogP contribution < -0.4 is 10.6 Å². The highest BCUT2D eigenvalue weighted by atomic mass is 16.1. The minimum atomic E-state index is 0.115. The van der Waals surface area contributed by atoms with Crippen LogP contribution in [0, 0.1) is 5.92 Å². The number of rotatable bonds is 8. The van der Waals surface area contributed by atoms with E-state index >= 15 is 0 Å². The highest BCUT2D eigenvalue weighted by molar-refractivity contribution is 5.77. The maximum atomic E-state index is 11.3. The smallest absolute Gasteiger partial charge is 0.233 e. The van der Waals surface area contributed by atoms with Gasteiger partial charge >= 0.3 is 0 Å². The Bertz CT molecular complexity index is 236. The van der Waals surface area contributed by atoms with E-state index in [1.165, 1.54) is 18.4 Å². The molecule has 3 nitrogen and oxygen atoms in total. The van der Waals surface area contributed by atoms with E-state index in [0.717, 1.165) is 19.5 Å². The predicted octanol–water partition coefficient (Wildman–Crippen LogP) is 1.46. The highest BCUT2D eigenvalue weighted by Crippen LogP contribution is 2.26. The lowest BCUT2D eigenvalue weighted by molar-refractivity contribution is -0.120. The van der Waals surface area contributed by atoms with E-state index in [1.807, 2.05) is 0 Å². The molecular weight excluding hydrogens is 188 g/mol. The lowest BCUT2D eigenvalue weighted by atomic mass is 10.2. The summed E-state index contributed by atoms with van der Waals surface area (Å²) >= 11 is 0. The topological polar surface area (TPSA) is 41.1 Å². The number of hydrogen-bond acceptors (Lipinski definition) is 2. The Kier molecular flexibility index (Phi) is 5.40. The van der Waals surface area contributed by atoms with Crippen molar-refractivity contribution in [3.63, 3.8) is 0 Å². The molecule has 0 fully saturated rings. The molecule has 0 saturated carbocycles. The second-order valence-corrected chi connectivity index (χ2v) is 4.21. The van der Waals surface area contributed by atoms with Gasteiger partial charge in [0, 0.05) is 19.0 Å². The first-order chi connectivity index (χ1) is 7.24. The van der Waals surface area contributed by atoms with Gasteiger partial charge in [-0.25, -0.2) is 0 Å². The Morgan fingerprint density at radius 2 is 2.20 bits per heavy atom. The average molecular weight is 210 g/mol. The number of hydrogen-bond donors (Lipinski definition) is 2. The van der Waals surface area contributed by atoms with Gasteiger partial charge in [-0.15, -0.1) is 0 Å². The van der Waals surface area contributed by atoms with Crippen LogP contribution in [0.25, 0.3) is 0 Å². The van der Waals surface area contributed by atoms with Crippen LogP contribution in [0.15, 0.2) is 11.6 Å². The van der Waals surface area contributed by atoms with Crippen molar-refractivity contribution in [3.05, 3.63) is 11.6 Å². The molecule has 1 amide bonds. The number of unbranched alkanes of at least 4 members (excludes halogenated alkanes) is 2. The molecule has 1 rings (SSSR count). The van der Waals surface area contributed by atoms with Crippen LogP contribution in [0.1, 0.15) is 33.1 Å². The van der Waals surface area contributed by atoms with Crippen LogP contribution in [0.4, 0.5) is 0 Å². The third-order valence-corrected chi connectivity index (χ3v) is 2.69. The van der Waals surface area contributed by atoms with Gasteiger partial charge in [-0.3, -0.25) is 4.79 Å². The first kappa shape index (κ1) is 12.2. The van der Waals surface area contributed by atoms with E-state index in [4.69, 9.17) is 0 Å². The minimum absolute atomic E-state index is 0.115. The Morgan fingerprint density at radius 3 is 2.80 bits per heavy atom. The fourth-order valence-electron chi connectivity index (χ4n) is 1.50. The molecule has 1 unspecified atom stereocenters. The fraction of sp³-hybridized carbons (Fsp3) is 0.750. The summed E-state index contributed by atoms with van der Waals surface area (Å²) in [4.78, 5) is 11.3. The van der Waals surface area contributed by atoms with Crippen molar-refractivity contribution in [1.82, 2.24) is 10.6 Å². The Balaban J connectivity index is 1.85. The van der Waals surface area contributed by atoms with Crippen molar-refractivity contribution < 1.29 is 4.79 Å². The first-order valence-electron chi connectivity index (χ1n) is 5.89. The normalized spacial score (nSPS) is 18.5. The Labute approximate surface area is 92.3 Å². The number of carbonyl (C=O) groups excluding carboxylic acids is 1. The van der Waals surface area contributed by atoms with Gasteiger partial charge in [-0.05, 0) is 13.3 Å². The summed E-state index contributed by atoms with van der Waals surface area (Å²) in [6.45, 7) is 6.46. The predicted molar refractivity (Wildman–Crippen MR) is 62.7 cm³/mol. The number of nitrogens with one attached hydrogen (secondary N) is 2. The van der Waals surface area contributed by atoms with Crippen molar-refractivity contribution >= 4 is 5.91 Å². The van der Waals surface area contributed by atoms with E-state index in [9.17, 15) is 4.79 Å². The molecule has 1 aliphatic carbocycles. The fourth-order valence-corrected chi connectivity index (χ4v) is 1.50. The molecule has 0 aliphatic heterocycles. The van der Waals surface area contributed by atoms with Crippen molar-refractivity contribution in [1.29, 1.82) is 0 Å². The van der Waals surface area contributed by atoms with Gasteiger partial charge in [-0.1, -0.05) is 31.4 Å². The molecule has 0 aromatic heterocycles. The van der Waals surface area contributed by atoms with Gasteiger partial charge in [0.2, 0.25) is 5.91 Å². The molecule has 15 heavy (non-hydrogen) atoms. The molecule has 0 saturated heterocycles. The Morgan fingerprint density at radius 1 is 1.47 bits per heavy atom. The van der Waals surface area contributed by atoms with Crippen LogP contribution >= 0.6 is 0 Å². The largest absolute Gasteiger partial charge is 0.355 e. The van der Waals surface area contributed by atoms with E-state index in [0.29, 0.717) is 12.5 Å². The minimum Gasteiger partial charge on any atom is -0.355 e. The molecular formula is C12H22N2O. The highest BCUT2D eigenvalue weighted by Gasteiger charge is 2.18. The molecule has 3 heteroatoms. The third-order valence-electron chi connectivity index (χ3n) is 2.69. The lowest BCUT2D eigenvalue weighted by Crippen LogP contribution is -2.35. The maximum absolute atomic E-state index is 11.3. The second-order valence-electron chi connectivity index (χ2n) is 4.21. The van der Waals surface area contributed by atoms with Crippen LogP contribution in [0.3, 0.4) is 0 Å². The van der Waals surface area contributed by atoms with Gasteiger partial charge in [0.1, 0.15) is 0 Å². The first-order valence-corrected chi connectivity index (χ1v) is 5.89. The molecule has 1 aliphatic rings. The molecule has 1 atom stereocenters. The molecule has 86 valence electrons. The van der Waals surface area contributed by atoms with Crippen molar-refractivity contribution in [2.75, 3.05) is 19.6 Å². The summed E-state index contributed by atoms with van der Waals surface area (Å²) in [5.41, 5.74) is 1.44. The number of amides is 1. The zero-order valence-corrected chi connectivity index (χ0v) is 9.81.